The lowest BCUT2D eigenvalue weighted by molar-refractivity contribution is 0.0698. The number of piperidine rings is 1. The first-order chi connectivity index (χ1) is 10.0. The third-order valence-corrected chi connectivity index (χ3v) is 4.01. The zero-order valence-electron chi connectivity index (χ0n) is 12.2. The van der Waals surface area contributed by atoms with Gasteiger partial charge in [0.05, 0.1) is 11.4 Å². The van der Waals surface area contributed by atoms with E-state index in [0.29, 0.717) is 18.3 Å². The largest absolute Gasteiger partial charge is 0.478 e. The van der Waals surface area contributed by atoms with Gasteiger partial charge in [0.1, 0.15) is 11.4 Å². The first-order valence-electron chi connectivity index (χ1n) is 7.30. The van der Waals surface area contributed by atoms with Crippen LogP contribution in [0.4, 0.5) is 15.8 Å². The monoisotopic (exact) mass is 295 g/mol. The highest BCUT2D eigenvalue weighted by Gasteiger charge is 2.20. The first-order valence-corrected chi connectivity index (χ1v) is 7.30. The molecule has 1 aromatic carbocycles. The molecule has 0 bridgehead atoms. The van der Waals surface area contributed by atoms with Crippen LogP contribution in [-0.2, 0) is 0 Å². The van der Waals surface area contributed by atoms with Gasteiger partial charge in [-0.25, -0.2) is 9.18 Å². The van der Waals surface area contributed by atoms with Gasteiger partial charge in [-0.15, -0.1) is 0 Å². The van der Waals surface area contributed by atoms with Crippen LogP contribution in [0.2, 0.25) is 0 Å². The van der Waals surface area contributed by atoms with E-state index in [-0.39, 0.29) is 11.3 Å². The molecule has 2 rings (SSSR count). The van der Waals surface area contributed by atoms with Crippen molar-refractivity contribution in [2.75, 3.05) is 30.7 Å². The SMILES string of the molecule is CC(CNc1ccc(F)c(N)c1C(=O)O)N1CCCCC1. The number of nitrogens with two attached hydrogens (primary N) is 1. The van der Waals surface area contributed by atoms with E-state index >= 15 is 0 Å². The van der Waals surface area contributed by atoms with Crippen LogP contribution in [0.25, 0.3) is 0 Å². The molecule has 21 heavy (non-hydrogen) atoms. The molecule has 0 amide bonds. The molecule has 1 aliphatic heterocycles. The van der Waals surface area contributed by atoms with Gasteiger partial charge in [-0.05, 0) is 45.0 Å². The number of nitrogen functional groups attached to an aromatic ring is 1. The van der Waals surface area contributed by atoms with Gasteiger partial charge in [0.15, 0.2) is 0 Å². The van der Waals surface area contributed by atoms with Gasteiger partial charge in [-0.2, -0.15) is 0 Å². The Hall–Kier alpha value is -1.82. The van der Waals surface area contributed by atoms with Gasteiger partial charge in [0.25, 0.3) is 0 Å². The van der Waals surface area contributed by atoms with E-state index in [1.165, 1.54) is 31.4 Å². The van der Waals surface area contributed by atoms with Crippen LogP contribution in [0, 0.1) is 5.82 Å². The van der Waals surface area contributed by atoms with Crippen molar-refractivity contribution in [2.24, 2.45) is 0 Å². The van der Waals surface area contributed by atoms with Gasteiger partial charge in [-0.1, -0.05) is 6.42 Å². The highest BCUT2D eigenvalue weighted by molar-refractivity contribution is 6.00. The molecule has 0 aromatic heterocycles. The van der Waals surface area contributed by atoms with Crippen LogP contribution < -0.4 is 11.1 Å². The van der Waals surface area contributed by atoms with Crippen molar-refractivity contribution in [3.63, 3.8) is 0 Å². The fraction of sp³-hybridized carbons (Fsp3) is 0.533. The summed E-state index contributed by atoms with van der Waals surface area (Å²) in [5.41, 5.74) is 5.38. The summed E-state index contributed by atoms with van der Waals surface area (Å²) in [4.78, 5) is 13.6. The summed E-state index contributed by atoms with van der Waals surface area (Å²) in [7, 11) is 0. The molecule has 6 heteroatoms. The highest BCUT2D eigenvalue weighted by atomic mass is 19.1. The van der Waals surface area contributed by atoms with Crippen LogP contribution in [0.5, 0.6) is 0 Å². The topological polar surface area (TPSA) is 78.6 Å². The number of carboxylic acids is 1. The van der Waals surface area contributed by atoms with Crippen LogP contribution in [0.15, 0.2) is 12.1 Å². The molecule has 1 heterocycles. The second kappa shape index (κ2) is 6.76. The number of carboxylic acid groups (broad SMARTS) is 1. The molecule has 1 atom stereocenters. The Morgan fingerprint density at radius 3 is 2.71 bits per heavy atom. The number of halogens is 1. The highest BCUT2D eigenvalue weighted by Crippen LogP contribution is 2.25. The Kier molecular flexibility index (Phi) is 5.01. The van der Waals surface area contributed by atoms with Crippen molar-refractivity contribution in [3.05, 3.63) is 23.5 Å². The lowest BCUT2D eigenvalue weighted by Gasteiger charge is -2.32. The van der Waals surface area contributed by atoms with E-state index in [0.717, 1.165) is 13.1 Å². The zero-order chi connectivity index (χ0) is 15.4. The normalized spacial score (nSPS) is 17.4. The number of aromatic carboxylic acids is 1. The second-order valence-electron chi connectivity index (χ2n) is 5.52. The van der Waals surface area contributed by atoms with Crippen LogP contribution >= 0.6 is 0 Å². The van der Waals surface area contributed by atoms with Crippen molar-refractivity contribution in [1.82, 2.24) is 4.90 Å². The Balaban J connectivity index is 2.05. The number of rotatable bonds is 5. The third-order valence-electron chi connectivity index (χ3n) is 4.01. The second-order valence-corrected chi connectivity index (χ2v) is 5.52. The summed E-state index contributed by atoms with van der Waals surface area (Å²) in [5, 5.41) is 12.3. The minimum Gasteiger partial charge on any atom is -0.478 e. The smallest absolute Gasteiger partial charge is 0.340 e. The fourth-order valence-electron chi connectivity index (χ4n) is 2.72. The van der Waals surface area contributed by atoms with Crippen molar-refractivity contribution in [1.29, 1.82) is 0 Å². The van der Waals surface area contributed by atoms with Gasteiger partial charge in [0.2, 0.25) is 0 Å². The third kappa shape index (κ3) is 3.64. The number of likely N-dealkylation sites (tertiary alicyclic amines) is 1. The Morgan fingerprint density at radius 1 is 1.43 bits per heavy atom. The van der Waals surface area contributed by atoms with E-state index in [4.69, 9.17) is 5.73 Å². The van der Waals surface area contributed by atoms with Crippen molar-refractivity contribution >= 4 is 17.3 Å². The molecule has 1 unspecified atom stereocenters. The molecule has 0 radical (unpaired) electrons. The molecule has 1 fully saturated rings. The van der Waals surface area contributed by atoms with Crippen molar-refractivity contribution < 1.29 is 14.3 Å². The van der Waals surface area contributed by atoms with Gasteiger partial charge in [-0.3, -0.25) is 4.90 Å². The zero-order valence-corrected chi connectivity index (χ0v) is 12.2. The molecular formula is C15H22FN3O2. The summed E-state index contributed by atoms with van der Waals surface area (Å²) in [5.74, 6) is -1.93. The summed E-state index contributed by atoms with van der Waals surface area (Å²) in [6.07, 6.45) is 3.68. The van der Waals surface area contributed by atoms with E-state index in [1.807, 2.05) is 0 Å². The summed E-state index contributed by atoms with van der Waals surface area (Å²) in [6.45, 7) is 4.84. The van der Waals surface area contributed by atoms with Crippen LogP contribution in [0.1, 0.15) is 36.5 Å². The standard InChI is InChI=1S/C15H22FN3O2/c1-10(19-7-3-2-4-8-19)9-18-12-6-5-11(16)14(17)13(12)15(20)21/h5-6,10,18H,2-4,7-9,17H2,1H3,(H,20,21). The number of hydrogen-bond donors (Lipinski definition) is 3. The average Bonchev–Trinajstić information content (AvgIpc) is 2.48. The maximum Gasteiger partial charge on any atom is 0.340 e. The number of benzene rings is 1. The maximum atomic E-state index is 13.4. The Morgan fingerprint density at radius 2 is 2.10 bits per heavy atom. The predicted octanol–water partition coefficient (Wildman–Crippen LogP) is 2.39. The number of carbonyl (C=O) groups is 1. The van der Waals surface area contributed by atoms with E-state index in [2.05, 4.69) is 17.1 Å². The van der Waals surface area contributed by atoms with Gasteiger partial charge < -0.3 is 16.2 Å². The Labute approximate surface area is 123 Å². The summed E-state index contributed by atoms with van der Waals surface area (Å²) >= 11 is 0. The van der Waals surface area contributed by atoms with Gasteiger partial charge in [0, 0.05) is 12.6 Å². The average molecular weight is 295 g/mol. The number of nitrogens with zero attached hydrogens (tertiary/aromatic N) is 1. The quantitative estimate of drug-likeness (QED) is 0.727. The molecule has 0 saturated carbocycles. The molecule has 1 saturated heterocycles. The molecule has 5 nitrogen and oxygen atoms in total. The fourth-order valence-corrected chi connectivity index (χ4v) is 2.72. The predicted molar refractivity (Wildman–Crippen MR) is 81.1 cm³/mol. The number of hydrogen-bond acceptors (Lipinski definition) is 4. The lowest BCUT2D eigenvalue weighted by Crippen LogP contribution is -2.41. The molecule has 1 aliphatic rings. The summed E-state index contributed by atoms with van der Waals surface area (Å²) < 4.78 is 13.4. The van der Waals surface area contributed by atoms with Gasteiger partial charge >= 0.3 is 5.97 Å². The molecule has 0 spiro atoms. The van der Waals surface area contributed by atoms with Crippen LogP contribution in [-0.4, -0.2) is 41.7 Å². The number of nitrogens with one attached hydrogen (secondary N) is 1. The minimum absolute atomic E-state index is 0.194. The summed E-state index contributed by atoms with van der Waals surface area (Å²) in [6, 6.07) is 2.91. The van der Waals surface area contributed by atoms with E-state index in [1.54, 1.807) is 0 Å². The molecule has 116 valence electrons. The van der Waals surface area contributed by atoms with E-state index in [9.17, 15) is 14.3 Å². The van der Waals surface area contributed by atoms with E-state index < -0.39 is 11.8 Å². The molecule has 1 aromatic rings. The molecule has 0 aliphatic carbocycles. The van der Waals surface area contributed by atoms with Crippen molar-refractivity contribution in [2.45, 2.75) is 32.2 Å². The minimum atomic E-state index is -1.22. The molecular weight excluding hydrogens is 273 g/mol. The number of anilines is 2. The first kappa shape index (κ1) is 15.6. The maximum absolute atomic E-state index is 13.4. The van der Waals surface area contributed by atoms with Crippen molar-refractivity contribution in [3.8, 4) is 0 Å². The lowest BCUT2D eigenvalue weighted by atomic mass is 10.1. The Bertz CT molecular complexity index is 516. The van der Waals surface area contributed by atoms with Crippen LogP contribution in [0.3, 0.4) is 0 Å². The molecule has 4 N–H and O–H groups in total.